The summed E-state index contributed by atoms with van der Waals surface area (Å²) in [6.07, 6.45) is 5.99. The molecule has 1 amide bonds. The normalized spacial score (nSPS) is 19.8. The molecule has 0 saturated heterocycles. The summed E-state index contributed by atoms with van der Waals surface area (Å²) in [5.41, 5.74) is 5.85. The van der Waals surface area contributed by atoms with Gasteiger partial charge in [-0.05, 0) is 24.7 Å². The van der Waals surface area contributed by atoms with Crippen molar-refractivity contribution < 1.29 is 14.7 Å². The SMILES string of the molecule is CC(C)(C)CC(CC(=O)O)NC(=O)CC1(N)CCCCC1. The van der Waals surface area contributed by atoms with E-state index in [1.807, 2.05) is 20.8 Å². The first-order valence-electron chi connectivity index (χ1n) is 7.90. The molecule has 0 spiro atoms. The number of hydrogen-bond acceptors (Lipinski definition) is 3. The third kappa shape index (κ3) is 7.46. The highest BCUT2D eigenvalue weighted by atomic mass is 16.4. The molecule has 1 atom stereocenters. The summed E-state index contributed by atoms with van der Waals surface area (Å²) >= 11 is 0. The molecule has 1 unspecified atom stereocenters. The molecule has 1 fully saturated rings. The number of amides is 1. The van der Waals surface area contributed by atoms with E-state index in [1.54, 1.807) is 0 Å². The Balaban J connectivity index is 2.56. The molecule has 0 aromatic rings. The second kappa shape index (κ2) is 7.25. The first kappa shape index (κ1) is 18.0. The minimum atomic E-state index is -0.885. The van der Waals surface area contributed by atoms with Crippen molar-refractivity contribution in [1.82, 2.24) is 5.32 Å². The largest absolute Gasteiger partial charge is 0.481 e. The van der Waals surface area contributed by atoms with E-state index in [2.05, 4.69) is 5.32 Å². The number of carboxylic acid groups (broad SMARTS) is 1. The van der Waals surface area contributed by atoms with Gasteiger partial charge in [0.2, 0.25) is 5.91 Å². The zero-order valence-corrected chi connectivity index (χ0v) is 13.6. The molecule has 0 aromatic carbocycles. The van der Waals surface area contributed by atoms with Crippen molar-refractivity contribution >= 4 is 11.9 Å². The lowest BCUT2D eigenvalue weighted by atomic mass is 9.80. The standard InChI is InChI=1S/C16H30N2O3/c1-15(2,3)10-12(9-14(20)21)18-13(19)11-16(17)7-5-4-6-8-16/h12H,4-11,17H2,1-3H3,(H,18,19)(H,20,21). The van der Waals surface area contributed by atoms with Crippen molar-refractivity contribution in [1.29, 1.82) is 0 Å². The van der Waals surface area contributed by atoms with Gasteiger partial charge in [-0.3, -0.25) is 9.59 Å². The Kier molecular flexibility index (Phi) is 6.20. The maximum absolute atomic E-state index is 12.2. The summed E-state index contributed by atoms with van der Waals surface area (Å²) in [5.74, 6) is -1.00. The van der Waals surface area contributed by atoms with Crippen molar-refractivity contribution in [2.75, 3.05) is 0 Å². The van der Waals surface area contributed by atoms with E-state index in [-0.39, 0.29) is 23.8 Å². The number of carbonyl (C=O) groups excluding carboxylic acids is 1. The molecule has 1 rings (SSSR count). The minimum Gasteiger partial charge on any atom is -0.481 e. The number of carboxylic acids is 1. The fraction of sp³-hybridized carbons (Fsp3) is 0.875. The third-order valence-corrected chi connectivity index (χ3v) is 4.01. The van der Waals surface area contributed by atoms with Crippen LogP contribution in [0, 0.1) is 5.41 Å². The fourth-order valence-electron chi connectivity index (χ4n) is 3.16. The molecule has 21 heavy (non-hydrogen) atoms. The zero-order valence-electron chi connectivity index (χ0n) is 13.6. The van der Waals surface area contributed by atoms with E-state index in [0.717, 1.165) is 25.7 Å². The van der Waals surface area contributed by atoms with Crippen molar-refractivity contribution in [2.24, 2.45) is 11.1 Å². The maximum atomic E-state index is 12.2. The molecule has 5 nitrogen and oxygen atoms in total. The molecule has 1 aliphatic rings. The lowest BCUT2D eigenvalue weighted by molar-refractivity contribution is -0.138. The highest BCUT2D eigenvalue weighted by Gasteiger charge is 2.31. The Morgan fingerprint density at radius 1 is 1.24 bits per heavy atom. The smallest absolute Gasteiger partial charge is 0.305 e. The summed E-state index contributed by atoms with van der Waals surface area (Å²) in [4.78, 5) is 23.2. The molecule has 4 N–H and O–H groups in total. The summed E-state index contributed by atoms with van der Waals surface area (Å²) in [5, 5.41) is 11.9. The van der Waals surface area contributed by atoms with Crippen LogP contribution in [-0.2, 0) is 9.59 Å². The predicted molar refractivity (Wildman–Crippen MR) is 82.9 cm³/mol. The maximum Gasteiger partial charge on any atom is 0.305 e. The zero-order chi connectivity index (χ0) is 16.1. The van der Waals surface area contributed by atoms with Gasteiger partial charge in [-0.2, -0.15) is 0 Å². The Labute approximate surface area is 127 Å². The van der Waals surface area contributed by atoms with Crippen LogP contribution in [0.1, 0.15) is 72.1 Å². The second-order valence-corrected chi connectivity index (χ2v) is 7.73. The molecule has 1 saturated carbocycles. The van der Waals surface area contributed by atoms with Crippen LogP contribution in [0.2, 0.25) is 0 Å². The van der Waals surface area contributed by atoms with Crippen molar-refractivity contribution in [3.63, 3.8) is 0 Å². The van der Waals surface area contributed by atoms with Gasteiger partial charge in [0.05, 0.1) is 6.42 Å². The quantitative estimate of drug-likeness (QED) is 0.702. The van der Waals surface area contributed by atoms with Crippen LogP contribution >= 0.6 is 0 Å². The van der Waals surface area contributed by atoms with E-state index in [4.69, 9.17) is 10.8 Å². The van der Waals surface area contributed by atoms with Gasteiger partial charge in [-0.1, -0.05) is 40.0 Å². The number of nitrogens with two attached hydrogens (primary N) is 1. The van der Waals surface area contributed by atoms with Gasteiger partial charge in [0.1, 0.15) is 0 Å². The van der Waals surface area contributed by atoms with Gasteiger partial charge in [-0.25, -0.2) is 0 Å². The number of hydrogen-bond donors (Lipinski definition) is 3. The van der Waals surface area contributed by atoms with Crippen LogP contribution in [0.4, 0.5) is 0 Å². The Hall–Kier alpha value is -1.10. The molecular weight excluding hydrogens is 268 g/mol. The lowest BCUT2D eigenvalue weighted by Crippen LogP contribution is -2.48. The predicted octanol–water partition coefficient (Wildman–Crippen LogP) is 2.43. The van der Waals surface area contributed by atoms with Crippen molar-refractivity contribution in [3.05, 3.63) is 0 Å². The number of aliphatic carboxylic acids is 1. The van der Waals surface area contributed by atoms with Crippen molar-refractivity contribution in [2.45, 2.75) is 83.7 Å². The Bertz CT molecular complexity index is 368. The van der Waals surface area contributed by atoms with Crippen LogP contribution in [0.25, 0.3) is 0 Å². The van der Waals surface area contributed by atoms with Gasteiger partial charge in [0.15, 0.2) is 0 Å². The van der Waals surface area contributed by atoms with Crippen LogP contribution < -0.4 is 11.1 Å². The number of rotatable bonds is 6. The first-order chi connectivity index (χ1) is 9.60. The molecule has 0 aromatic heterocycles. The molecule has 1 aliphatic carbocycles. The van der Waals surface area contributed by atoms with E-state index >= 15 is 0 Å². The Morgan fingerprint density at radius 2 is 1.81 bits per heavy atom. The van der Waals surface area contributed by atoms with Gasteiger partial charge >= 0.3 is 5.97 Å². The average Bonchev–Trinajstić information content (AvgIpc) is 2.24. The lowest BCUT2D eigenvalue weighted by Gasteiger charge is -2.33. The van der Waals surface area contributed by atoms with E-state index in [0.29, 0.717) is 12.8 Å². The summed E-state index contributed by atoms with van der Waals surface area (Å²) in [6.45, 7) is 6.12. The minimum absolute atomic E-state index is 0.0291. The van der Waals surface area contributed by atoms with Crippen molar-refractivity contribution in [3.8, 4) is 0 Å². The van der Waals surface area contributed by atoms with Crippen LogP contribution in [-0.4, -0.2) is 28.6 Å². The number of nitrogens with one attached hydrogen (secondary N) is 1. The van der Waals surface area contributed by atoms with Crippen LogP contribution in [0.3, 0.4) is 0 Å². The molecule has 122 valence electrons. The molecule has 0 bridgehead atoms. The highest BCUT2D eigenvalue weighted by molar-refractivity contribution is 5.78. The summed E-state index contributed by atoms with van der Waals surface area (Å²) in [7, 11) is 0. The fourth-order valence-corrected chi connectivity index (χ4v) is 3.16. The van der Waals surface area contributed by atoms with Crippen LogP contribution in [0.5, 0.6) is 0 Å². The summed E-state index contributed by atoms with van der Waals surface area (Å²) < 4.78 is 0. The average molecular weight is 298 g/mol. The monoisotopic (exact) mass is 298 g/mol. The van der Waals surface area contributed by atoms with Gasteiger partial charge in [-0.15, -0.1) is 0 Å². The highest BCUT2D eigenvalue weighted by Crippen LogP contribution is 2.29. The molecule has 0 radical (unpaired) electrons. The summed E-state index contributed by atoms with van der Waals surface area (Å²) in [6, 6.07) is -0.331. The van der Waals surface area contributed by atoms with E-state index < -0.39 is 11.5 Å². The van der Waals surface area contributed by atoms with E-state index in [9.17, 15) is 9.59 Å². The molecule has 0 aliphatic heterocycles. The Morgan fingerprint density at radius 3 is 2.29 bits per heavy atom. The van der Waals surface area contributed by atoms with Crippen LogP contribution in [0.15, 0.2) is 0 Å². The second-order valence-electron chi connectivity index (χ2n) is 7.73. The van der Waals surface area contributed by atoms with Gasteiger partial charge < -0.3 is 16.2 Å². The third-order valence-electron chi connectivity index (χ3n) is 4.01. The number of carbonyl (C=O) groups is 2. The first-order valence-corrected chi connectivity index (χ1v) is 7.90. The van der Waals surface area contributed by atoms with Gasteiger partial charge in [0, 0.05) is 18.0 Å². The van der Waals surface area contributed by atoms with E-state index in [1.165, 1.54) is 6.42 Å². The molecule has 0 heterocycles. The molecular formula is C16H30N2O3. The van der Waals surface area contributed by atoms with Gasteiger partial charge in [0.25, 0.3) is 0 Å². The topological polar surface area (TPSA) is 92.4 Å². The molecule has 5 heteroatoms.